The van der Waals surface area contributed by atoms with Gasteiger partial charge in [-0.3, -0.25) is 4.79 Å². The Hall–Kier alpha value is -1.93. The molecule has 0 radical (unpaired) electrons. The molecule has 1 aromatic heterocycles. The van der Waals surface area contributed by atoms with E-state index in [4.69, 9.17) is 4.74 Å². The summed E-state index contributed by atoms with van der Waals surface area (Å²) < 4.78 is 7.36. The van der Waals surface area contributed by atoms with Gasteiger partial charge in [0.1, 0.15) is 0 Å². The van der Waals surface area contributed by atoms with Gasteiger partial charge in [-0.05, 0) is 47.9 Å². The minimum Gasteiger partial charge on any atom is -0.372 e. The Morgan fingerprint density at radius 1 is 1.23 bits per heavy atom. The first-order valence-electron chi connectivity index (χ1n) is 8.88. The lowest BCUT2D eigenvalue weighted by atomic mass is 10.0. The topological polar surface area (TPSA) is 73.1 Å². The number of carbonyl (C=O) groups excluding carboxylic acids is 1. The number of benzene rings is 1. The van der Waals surface area contributed by atoms with E-state index in [1.165, 1.54) is 17.3 Å². The van der Waals surface area contributed by atoms with Crippen LogP contribution in [0.2, 0.25) is 0 Å². The van der Waals surface area contributed by atoms with E-state index in [-0.39, 0.29) is 18.1 Å². The van der Waals surface area contributed by atoms with Crippen LogP contribution < -0.4 is 0 Å². The Kier molecular flexibility index (Phi) is 5.93. The highest BCUT2D eigenvalue weighted by Gasteiger charge is 2.26. The molecule has 1 aliphatic heterocycles. The van der Waals surface area contributed by atoms with E-state index in [1.807, 2.05) is 30.9 Å². The normalized spacial score (nSPS) is 20.6. The van der Waals surface area contributed by atoms with Crippen LogP contribution in [0.1, 0.15) is 39.2 Å². The maximum Gasteiger partial charge on any atom is 0.233 e. The molecular weight excluding hydrogens is 350 g/mol. The SMILES string of the molecule is CC(C)c1ccc(-n2nnnc2SCC(=O)N2C[C@H](C)O[C@@H](C)C2)cc1. The highest BCUT2D eigenvalue weighted by molar-refractivity contribution is 7.99. The highest BCUT2D eigenvalue weighted by Crippen LogP contribution is 2.22. The van der Waals surface area contributed by atoms with Gasteiger partial charge in [0.05, 0.1) is 23.6 Å². The van der Waals surface area contributed by atoms with Gasteiger partial charge in [0.25, 0.3) is 0 Å². The van der Waals surface area contributed by atoms with Gasteiger partial charge in [0.15, 0.2) is 0 Å². The van der Waals surface area contributed by atoms with Crippen LogP contribution in [0.3, 0.4) is 0 Å². The molecular formula is C18H25N5O2S. The molecule has 0 saturated carbocycles. The van der Waals surface area contributed by atoms with Gasteiger partial charge in [0.2, 0.25) is 11.1 Å². The molecule has 140 valence electrons. The third kappa shape index (κ3) is 4.42. The van der Waals surface area contributed by atoms with E-state index < -0.39 is 0 Å². The standard InChI is InChI=1S/C18H25N5O2S/c1-12(2)15-5-7-16(8-6-15)23-18(19-20-21-23)26-11-17(24)22-9-13(3)25-14(4)10-22/h5-8,12-14H,9-11H2,1-4H3/t13-,14-/m0/s1. The molecule has 1 aliphatic rings. The summed E-state index contributed by atoms with van der Waals surface area (Å²) >= 11 is 1.36. The maximum atomic E-state index is 12.5. The molecule has 3 rings (SSSR count). The number of ether oxygens (including phenoxy) is 1. The van der Waals surface area contributed by atoms with Crippen molar-refractivity contribution >= 4 is 17.7 Å². The largest absolute Gasteiger partial charge is 0.372 e. The zero-order chi connectivity index (χ0) is 18.7. The van der Waals surface area contributed by atoms with Crippen molar-refractivity contribution in [1.82, 2.24) is 25.1 Å². The Balaban J connectivity index is 1.64. The summed E-state index contributed by atoms with van der Waals surface area (Å²) in [6.45, 7) is 9.56. The number of thioether (sulfide) groups is 1. The molecule has 0 spiro atoms. The molecule has 1 aromatic carbocycles. The first-order chi connectivity index (χ1) is 12.4. The summed E-state index contributed by atoms with van der Waals surface area (Å²) in [4.78, 5) is 14.4. The molecule has 2 heterocycles. The summed E-state index contributed by atoms with van der Waals surface area (Å²) in [6.07, 6.45) is 0.134. The lowest BCUT2D eigenvalue weighted by molar-refractivity contribution is -0.140. The molecule has 0 bridgehead atoms. The van der Waals surface area contributed by atoms with Crippen LogP contribution >= 0.6 is 11.8 Å². The average molecular weight is 375 g/mol. The smallest absolute Gasteiger partial charge is 0.233 e. The van der Waals surface area contributed by atoms with Crippen molar-refractivity contribution in [3.8, 4) is 5.69 Å². The van der Waals surface area contributed by atoms with Crippen molar-refractivity contribution in [2.24, 2.45) is 0 Å². The Labute approximate surface area is 158 Å². The molecule has 0 unspecified atom stereocenters. The molecule has 0 N–H and O–H groups in total. The quantitative estimate of drug-likeness (QED) is 0.748. The second-order valence-corrected chi connectivity index (χ2v) is 7.91. The van der Waals surface area contributed by atoms with Crippen LogP contribution in [0.4, 0.5) is 0 Å². The average Bonchev–Trinajstić information content (AvgIpc) is 3.07. The summed E-state index contributed by atoms with van der Waals surface area (Å²) in [7, 11) is 0. The van der Waals surface area contributed by atoms with Crippen molar-refractivity contribution in [3.05, 3.63) is 29.8 Å². The minimum absolute atomic E-state index is 0.0671. The maximum absolute atomic E-state index is 12.5. The zero-order valence-corrected chi connectivity index (χ0v) is 16.4. The Bertz CT molecular complexity index is 736. The predicted molar refractivity (Wildman–Crippen MR) is 101 cm³/mol. The Morgan fingerprint density at radius 3 is 2.50 bits per heavy atom. The van der Waals surface area contributed by atoms with Crippen molar-refractivity contribution in [3.63, 3.8) is 0 Å². The molecule has 2 atom stereocenters. The first kappa shape index (κ1) is 18.8. The van der Waals surface area contributed by atoms with E-state index in [0.29, 0.717) is 29.9 Å². The third-order valence-corrected chi connectivity index (χ3v) is 5.25. The summed E-state index contributed by atoms with van der Waals surface area (Å²) in [5, 5.41) is 12.5. The lowest BCUT2D eigenvalue weighted by Gasteiger charge is -2.35. The van der Waals surface area contributed by atoms with Crippen molar-refractivity contribution < 1.29 is 9.53 Å². The molecule has 7 nitrogen and oxygen atoms in total. The summed E-state index contributed by atoms with van der Waals surface area (Å²) in [5.41, 5.74) is 2.16. The number of nitrogens with zero attached hydrogens (tertiary/aromatic N) is 5. The van der Waals surface area contributed by atoms with E-state index >= 15 is 0 Å². The molecule has 1 saturated heterocycles. The van der Waals surface area contributed by atoms with Gasteiger partial charge in [-0.25, -0.2) is 0 Å². The zero-order valence-electron chi connectivity index (χ0n) is 15.6. The van der Waals surface area contributed by atoms with Crippen LogP contribution in [-0.4, -0.2) is 62.1 Å². The molecule has 1 fully saturated rings. The number of rotatable bonds is 5. The van der Waals surface area contributed by atoms with Crippen LogP contribution in [-0.2, 0) is 9.53 Å². The molecule has 26 heavy (non-hydrogen) atoms. The van der Waals surface area contributed by atoms with Gasteiger partial charge in [0, 0.05) is 13.1 Å². The second kappa shape index (κ2) is 8.18. The summed E-state index contributed by atoms with van der Waals surface area (Å²) in [6, 6.07) is 8.17. The predicted octanol–water partition coefficient (Wildman–Crippen LogP) is 2.51. The van der Waals surface area contributed by atoms with E-state index in [0.717, 1.165) is 5.69 Å². The van der Waals surface area contributed by atoms with Crippen LogP contribution in [0, 0.1) is 0 Å². The first-order valence-corrected chi connectivity index (χ1v) is 9.87. The second-order valence-electron chi connectivity index (χ2n) is 6.96. The van der Waals surface area contributed by atoms with Gasteiger partial charge >= 0.3 is 0 Å². The minimum atomic E-state index is 0.0671. The number of amides is 1. The van der Waals surface area contributed by atoms with Gasteiger partial charge in [-0.1, -0.05) is 37.7 Å². The molecule has 0 aliphatic carbocycles. The third-order valence-electron chi connectivity index (χ3n) is 4.34. The fraction of sp³-hybridized carbons (Fsp3) is 0.556. The Morgan fingerprint density at radius 2 is 1.88 bits per heavy atom. The van der Waals surface area contributed by atoms with E-state index in [2.05, 4.69) is 41.5 Å². The van der Waals surface area contributed by atoms with Crippen molar-refractivity contribution in [2.75, 3.05) is 18.8 Å². The van der Waals surface area contributed by atoms with Crippen LogP contribution in [0.25, 0.3) is 5.69 Å². The number of morpholine rings is 1. The monoisotopic (exact) mass is 375 g/mol. The fourth-order valence-corrected chi connectivity index (χ4v) is 3.82. The van der Waals surface area contributed by atoms with Crippen LogP contribution in [0.5, 0.6) is 0 Å². The fourth-order valence-electron chi connectivity index (χ4n) is 3.03. The van der Waals surface area contributed by atoms with Crippen molar-refractivity contribution in [2.45, 2.75) is 51.0 Å². The molecule has 8 heteroatoms. The number of tetrazole rings is 1. The number of carbonyl (C=O) groups is 1. The van der Waals surface area contributed by atoms with Gasteiger partial charge in [-0.15, -0.1) is 5.10 Å². The van der Waals surface area contributed by atoms with Gasteiger partial charge < -0.3 is 9.64 Å². The number of aromatic nitrogens is 4. The lowest BCUT2D eigenvalue weighted by Crippen LogP contribution is -2.48. The van der Waals surface area contributed by atoms with E-state index in [1.54, 1.807) is 4.68 Å². The van der Waals surface area contributed by atoms with Crippen LogP contribution in [0.15, 0.2) is 29.4 Å². The van der Waals surface area contributed by atoms with Crippen molar-refractivity contribution in [1.29, 1.82) is 0 Å². The van der Waals surface area contributed by atoms with Gasteiger partial charge in [-0.2, -0.15) is 4.68 Å². The highest BCUT2D eigenvalue weighted by atomic mass is 32.2. The number of hydrogen-bond donors (Lipinski definition) is 0. The molecule has 1 amide bonds. The number of hydrogen-bond acceptors (Lipinski definition) is 6. The summed E-state index contributed by atoms with van der Waals surface area (Å²) in [5.74, 6) is 0.869. The van der Waals surface area contributed by atoms with E-state index in [9.17, 15) is 4.79 Å². The molecule has 2 aromatic rings.